The second-order valence-electron chi connectivity index (χ2n) is 11.6. The molecule has 0 saturated carbocycles. The minimum Gasteiger partial charge on any atom is -0.461 e. The molecule has 0 bridgehead atoms. The number of amides is 1. The summed E-state index contributed by atoms with van der Waals surface area (Å²) in [5.41, 5.74) is 4.20. The molecule has 0 atom stereocenters. The van der Waals surface area contributed by atoms with E-state index in [9.17, 15) is 18.0 Å². The van der Waals surface area contributed by atoms with Gasteiger partial charge in [0.15, 0.2) is 0 Å². The minimum atomic E-state index is -4.07. The van der Waals surface area contributed by atoms with Crippen LogP contribution in [0.15, 0.2) is 93.6 Å². The molecular weight excluding hydrogens is 712 g/mol. The zero-order valence-corrected chi connectivity index (χ0v) is 30.3. The second-order valence-corrected chi connectivity index (χ2v) is 15.2. The molecule has 6 rings (SSSR count). The number of hydrogen-bond donors (Lipinski definition) is 0. The van der Waals surface area contributed by atoms with Crippen molar-refractivity contribution in [3.8, 4) is 0 Å². The highest BCUT2D eigenvalue weighted by molar-refractivity contribution is 9.10. The van der Waals surface area contributed by atoms with E-state index in [1.54, 1.807) is 36.7 Å². The summed E-state index contributed by atoms with van der Waals surface area (Å²) in [7, 11) is -2.29. The van der Waals surface area contributed by atoms with Gasteiger partial charge in [-0.05, 0) is 89.1 Å². The number of anilines is 2. The Hall–Kier alpha value is -4.13. The first-order valence-electron chi connectivity index (χ1n) is 15.8. The number of sulfonamides is 1. The van der Waals surface area contributed by atoms with E-state index in [0.29, 0.717) is 59.8 Å². The molecule has 0 unspecified atom stereocenters. The fourth-order valence-corrected chi connectivity index (χ4v) is 9.33. The lowest BCUT2D eigenvalue weighted by Gasteiger charge is -2.38. The van der Waals surface area contributed by atoms with E-state index >= 15 is 0 Å². The fraction of sp³-hybridized carbons (Fsp3) is 0.278. The summed E-state index contributed by atoms with van der Waals surface area (Å²) in [6, 6.07) is 24.3. The topological polar surface area (TPSA) is 92.2 Å². The molecule has 1 aliphatic heterocycles. The zero-order chi connectivity index (χ0) is 34.0. The SMILES string of the molecule is CCOC(=O)c1c(C)c2cc(S(=O)(=O)N(CCc3ccccc3)c3ccccc3N3CCN(C(=O)c4sccc4Br)CC3)ccc2n1C. The quantitative estimate of drug-likeness (QED) is 0.145. The Morgan fingerprint density at radius 2 is 1.67 bits per heavy atom. The van der Waals surface area contributed by atoms with E-state index in [0.717, 1.165) is 21.2 Å². The molecule has 48 heavy (non-hydrogen) atoms. The van der Waals surface area contributed by atoms with Gasteiger partial charge in [0.05, 0.1) is 22.9 Å². The fourth-order valence-electron chi connectivity index (χ4n) is 6.31. The molecule has 2 aromatic heterocycles. The van der Waals surface area contributed by atoms with Crippen LogP contribution >= 0.6 is 27.3 Å². The van der Waals surface area contributed by atoms with Gasteiger partial charge in [0.25, 0.3) is 15.9 Å². The lowest BCUT2D eigenvalue weighted by Crippen LogP contribution is -2.49. The molecule has 3 heterocycles. The summed E-state index contributed by atoms with van der Waals surface area (Å²) in [6.07, 6.45) is 0.506. The maximum absolute atomic E-state index is 14.7. The van der Waals surface area contributed by atoms with E-state index in [2.05, 4.69) is 20.8 Å². The number of carbonyl (C=O) groups excluding carboxylic acids is 2. The van der Waals surface area contributed by atoms with Crippen LogP contribution in [-0.4, -0.2) is 69.1 Å². The molecule has 1 saturated heterocycles. The van der Waals surface area contributed by atoms with Crippen LogP contribution in [0.4, 0.5) is 11.4 Å². The maximum Gasteiger partial charge on any atom is 0.355 e. The average molecular weight is 750 g/mol. The van der Waals surface area contributed by atoms with Gasteiger partial charge < -0.3 is 19.1 Å². The molecule has 0 spiro atoms. The molecule has 0 radical (unpaired) electrons. The first kappa shape index (κ1) is 33.8. The average Bonchev–Trinajstić information content (AvgIpc) is 3.64. The summed E-state index contributed by atoms with van der Waals surface area (Å²) < 4.78 is 38.8. The Kier molecular flexibility index (Phi) is 9.95. The molecule has 250 valence electrons. The minimum absolute atomic E-state index is 0.00501. The van der Waals surface area contributed by atoms with Crippen LogP contribution in [0, 0.1) is 6.92 Å². The number of benzene rings is 3. The number of carbonyl (C=O) groups is 2. The second kappa shape index (κ2) is 14.2. The lowest BCUT2D eigenvalue weighted by molar-refractivity contribution is 0.0514. The molecule has 3 aromatic carbocycles. The number of esters is 1. The van der Waals surface area contributed by atoms with Gasteiger partial charge in [0.1, 0.15) is 10.6 Å². The number of piperazine rings is 1. The highest BCUT2D eigenvalue weighted by Crippen LogP contribution is 2.36. The van der Waals surface area contributed by atoms with Crippen molar-refractivity contribution < 1.29 is 22.7 Å². The van der Waals surface area contributed by atoms with Crippen molar-refractivity contribution in [1.82, 2.24) is 9.47 Å². The molecule has 0 aliphatic carbocycles. The molecule has 12 heteroatoms. The number of aromatic nitrogens is 1. The van der Waals surface area contributed by atoms with Crippen molar-refractivity contribution in [2.24, 2.45) is 7.05 Å². The number of hydrogen-bond acceptors (Lipinski definition) is 7. The summed E-state index contributed by atoms with van der Waals surface area (Å²) in [5.74, 6) is -0.448. The van der Waals surface area contributed by atoms with Gasteiger partial charge in [-0.1, -0.05) is 42.5 Å². The monoisotopic (exact) mass is 748 g/mol. The van der Waals surface area contributed by atoms with Gasteiger partial charge in [-0.25, -0.2) is 13.2 Å². The molecule has 9 nitrogen and oxygen atoms in total. The van der Waals surface area contributed by atoms with Crippen molar-refractivity contribution in [2.75, 3.05) is 48.5 Å². The third-order valence-electron chi connectivity index (χ3n) is 8.80. The molecule has 1 aliphatic rings. The van der Waals surface area contributed by atoms with E-state index in [4.69, 9.17) is 4.74 Å². The van der Waals surface area contributed by atoms with Gasteiger partial charge in [-0.15, -0.1) is 11.3 Å². The van der Waals surface area contributed by atoms with Crippen LogP contribution in [-0.2, 0) is 28.2 Å². The Morgan fingerprint density at radius 1 is 0.958 bits per heavy atom. The number of ether oxygens (including phenoxy) is 1. The Bertz CT molecular complexity index is 2070. The number of rotatable bonds is 10. The number of fused-ring (bicyclic) bond motifs is 1. The van der Waals surface area contributed by atoms with E-state index in [-0.39, 0.29) is 24.0 Å². The maximum atomic E-state index is 14.7. The van der Waals surface area contributed by atoms with Crippen LogP contribution in [0.3, 0.4) is 0 Å². The molecule has 0 N–H and O–H groups in total. The molecule has 5 aromatic rings. The third-order valence-corrected chi connectivity index (χ3v) is 12.4. The molecular formula is C36H37BrN4O5S2. The highest BCUT2D eigenvalue weighted by atomic mass is 79.9. The first-order chi connectivity index (χ1) is 23.1. The highest BCUT2D eigenvalue weighted by Gasteiger charge is 2.31. The molecule has 1 fully saturated rings. The van der Waals surface area contributed by atoms with Crippen LogP contribution in [0.5, 0.6) is 0 Å². The Labute approximate surface area is 293 Å². The van der Waals surface area contributed by atoms with Crippen LogP contribution < -0.4 is 9.21 Å². The standard InChI is InChI=1S/C36H37BrN4O5S2/c1-4-46-36(43)33-25(2)28-24-27(14-15-30(28)38(33)3)48(44,45)41(18-16-26-10-6-5-7-11-26)32-13-9-8-12-31(32)39-19-21-40(22-20-39)35(42)34-29(37)17-23-47-34/h5-15,17,23-24H,4,16,18-22H2,1-3H3. The van der Waals surface area contributed by atoms with E-state index in [1.165, 1.54) is 15.6 Å². The van der Waals surface area contributed by atoms with Crippen molar-refractivity contribution >= 4 is 71.4 Å². The lowest BCUT2D eigenvalue weighted by atomic mass is 10.1. The number of aryl methyl sites for hydroxylation is 2. The van der Waals surface area contributed by atoms with Gasteiger partial charge in [0, 0.05) is 55.1 Å². The largest absolute Gasteiger partial charge is 0.461 e. The number of para-hydroxylation sites is 2. The van der Waals surface area contributed by atoms with Crippen molar-refractivity contribution in [2.45, 2.75) is 25.2 Å². The molecule has 1 amide bonds. The Balaban J connectivity index is 1.36. The number of nitrogens with zero attached hydrogens (tertiary/aromatic N) is 4. The summed E-state index contributed by atoms with van der Waals surface area (Å²) in [6.45, 7) is 6.18. The van der Waals surface area contributed by atoms with Crippen LogP contribution in [0.25, 0.3) is 10.9 Å². The normalized spacial score (nSPS) is 13.6. The van der Waals surface area contributed by atoms with Crippen molar-refractivity contribution in [3.05, 3.63) is 110 Å². The van der Waals surface area contributed by atoms with Crippen LogP contribution in [0.1, 0.15) is 38.2 Å². The summed E-state index contributed by atoms with van der Waals surface area (Å²) in [4.78, 5) is 30.8. The predicted molar refractivity (Wildman–Crippen MR) is 195 cm³/mol. The van der Waals surface area contributed by atoms with Gasteiger partial charge in [-0.2, -0.15) is 0 Å². The zero-order valence-electron chi connectivity index (χ0n) is 27.1. The summed E-state index contributed by atoms with van der Waals surface area (Å²) >= 11 is 4.90. The van der Waals surface area contributed by atoms with Gasteiger partial charge >= 0.3 is 5.97 Å². The van der Waals surface area contributed by atoms with Crippen molar-refractivity contribution in [3.63, 3.8) is 0 Å². The predicted octanol–water partition coefficient (Wildman–Crippen LogP) is 6.89. The van der Waals surface area contributed by atoms with Crippen LogP contribution in [0.2, 0.25) is 0 Å². The summed E-state index contributed by atoms with van der Waals surface area (Å²) in [5, 5.41) is 2.57. The van der Waals surface area contributed by atoms with E-state index in [1.807, 2.05) is 77.9 Å². The third kappa shape index (κ3) is 6.48. The smallest absolute Gasteiger partial charge is 0.355 e. The van der Waals surface area contributed by atoms with Gasteiger partial charge in [-0.3, -0.25) is 9.10 Å². The van der Waals surface area contributed by atoms with E-state index < -0.39 is 16.0 Å². The van der Waals surface area contributed by atoms with Crippen molar-refractivity contribution in [1.29, 1.82) is 0 Å². The Morgan fingerprint density at radius 3 is 2.35 bits per heavy atom. The van der Waals surface area contributed by atoms with Gasteiger partial charge in [0.2, 0.25) is 0 Å². The number of thiophene rings is 1. The first-order valence-corrected chi connectivity index (χ1v) is 18.9. The number of halogens is 1.